The number of nitrogens with zero attached hydrogens (tertiary/aromatic N) is 3. The number of carbonyl (C=O) groups excluding carboxylic acids is 2. The lowest BCUT2D eigenvalue weighted by Gasteiger charge is -2.10. The molecule has 0 aliphatic carbocycles. The van der Waals surface area contributed by atoms with E-state index in [-0.39, 0.29) is 24.3 Å². The van der Waals surface area contributed by atoms with Crippen molar-refractivity contribution in [1.82, 2.24) is 15.0 Å². The fraction of sp³-hybridized carbons (Fsp3) is 0.375. The van der Waals surface area contributed by atoms with Crippen LogP contribution in [-0.2, 0) is 16.1 Å². The van der Waals surface area contributed by atoms with Gasteiger partial charge in [0.2, 0.25) is 11.8 Å². The Kier molecular flexibility index (Phi) is 5.51. The number of ether oxygens (including phenoxy) is 1. The summed E-state index contributed by atoms with van der Waals surface area (Å²) in [5.74, 6) is 0.306. The molecule has 0 bridgehead atoms. The lowest BCUT2D eigenvalue weighted by Crippen LogP contribution is -2.20. The van der Waals surface area contributed by atoms with Crippen LogP contribution >= 0.6 is 0 Å². The molecule has 1 heterocycles. The Labute approximate surface area is 140 Å². The average Bonchev–Trinajstić information content (AvgIpc) is 2.94. The number of carbonyl (C=O) groups is 2. The summed E-state index contributed by atoms with van der Waals surface area (Å²) in [4.78, 5) is 23.8. The third-order valence-electron chi connectivity index (χ3n) is 3.25. The third-order valence-corrected chi connectivity index (χ3v) is 3.25. The smallest absolute Gasteiger partial charge is 0.246 e. The highest BCUT2D eigenvalue weighted by atomic mass is 16.5. The number of hydrogen-bond donors (Lipinski definition) is 2. The largest absolute Gasteiger partial charge is 0.495 e. The molecule has 0 saturated heterocycles. The number of hydrogen-bond acceptors (Lipinski definition) is 5. The Morgan fingerprint density at radius 1 is 1.29 bits per heavy atom. The molecule has 24 heavy (non-hydrogen) atoms. The Bertz CT molecular complexity index is 739. The Balaban J connectivity index is 1.99. The number of aryl methyl sites for hydroxylation is 1. The van der Waals surface area contributed by atoms with Gasteiger partial charge in [0.1, 0.15) is 12.3 Å². The van der Waals surface area contributed by atoms with E-state index in [1.54, 1.807) is 27.0 Å². The summed E-state index contributed by atoms with van der Waals surface area (Å²) < 4.78 is 6.58. The summed E-state index contributed by atoms with van der Waals surface area (Å²) >= 11 is 0. The summed E-state index contributed by atoms with van der Waals surface area (Å²) in [6, 6.07) is 5.52. The first-order chi connectivity index (χ1) is 11.4. The molecule has 2 rings (SSSR count). The quantitative estimate of drug-likeness (QED) is 0.841. The van der Waals surface area contributed by atoms with Gasteiger partial charge in [0.05, 0.1) is 19.0 Å². The van der Waals surface area contributed by atoms with E-state index in [2.05, 4.69) is 20.9 Å². The predicted octanol–water partition coefficient (Wildman–Crippen LogP) is 1.83. The second-order valence-corrected chi connectivity index (χ2v) is 5.70. The minimum atomic E-state index is -0.273. The summed E-state index contributed by atoms with van der Waals surface area (Å²) in [6.45, 7) is 5.46. The number of amides is 2. The zero-order valence-electron chi connectivity index (χ0n) is 14.2. The highest BCUT2D eigenvalue weighted by Gasteiger charge is 2.12. The van der Waals surface area contributed by atoms with E-state index in [1.165, 1.54) is 10.9 Å². The molecule has 8 nitrogen and oxygen atoms in total. The molecule has 0 radical (unpaired) electrons. The van der Waals surface area contributed by atoms with Crippen molar-refractivity contribution in [1.29, 1.82) is 0 Å². The standard InChI is InChI=1S/C16H21N5O3/c1-10(2)16(23)18-14-8-21(20-19-14)9-15(22)17-12-7-11(3)5-6-13(12)24-4/h5-8,10H,9H2,1-4H3,(H,17,22)(H,18,23). The van der Waals surface area contributed by atoms with E-state index in [4.69, 9.17) is 4.74 Å². The van der Waals surface area contributed by atoms with Crippen molar-refractivity contribution < 1.29 is 14.3 Å². The first kappa shape index (κ1) is 17.5. The summed E-state index contributed by atoms with van der Waals surface area (Å²) in [5, 5.41) is 13.1. The van der Waals surface area contributed by atoms with Crippen LogP contribution < -0.4 is 15.4 Å². The number of nitrogens with one attached hydrogen (secondary N) is 2. The van der Waals surface area contributed by atoms with Crippen molar-refractivity contribution in [2.75, 3.05) is 17.7 Å². The van der Waals surface area contributed by atoms with Crippen LogP contribution in [0.4, 0.5) is 11.5 Å². The van der Waals surface area contributed by atoms with E-state index in [0.29, 0.717) is 17.3 Å². The van der Waals surface area contributed by atoms with Gasteiger partial charge in [0.25, 0.3) is 0 Å². The lowest BCUT2D eigenvalue weighted by molar-refractivity contribution is -0.119. The van der Waals surface area contributed by atoms with Crippen molar-refractivity contribution in [2.24, 2.45) is 5.92 Å². The van der Waals surface area contributed by atoms with Gasteiger partial charge in [0, 0.05) is 5.92 Å². The number of benzene rings is 1. The summed E-state index contributed by atoms with van der Waals surface area (Å²) in [6.07, 6.45) is 1.51. The molecule has 0 atom stereocenters. The zero-order valence-corrected chi connectivity index (χ0v) is 14.2. The van der Waals surface area contributed by atoms with Crippen LogP contribution in [-0.4, -0.2) is 33.9 Å². The molecule has 0 unspecified atom stereocenters. The number of aromatic nitrogens is 3. The predicted molar refractivity (Wildman–Crippen MR) is 89.9 cm³/mol. The minimum Gasteiger partial charge on any atom is -0.495 e. The topological polar surface area (TPSA) is 98.1 Å². The van der Waals surface area contributed by atoms with Gasteiger partial charge in [-0.25, -0.2) is 4.68 Å². The van der Waals surface area contributed by atoms with Gasteiger partial charge in [-0.1, -0.05) is 25.1 Å². The first-order valence-electron chi connectivity index (χ1n) is 7.54. The Morgan fingerprint density at radius 2 is 2.04 bits per heavy atom. The van der Waals surface area contributed by atoms with Gasteiger partial charge in [-0.15, -0.1) is 5.10 Å². The van der Waals surface area contributed by atoms with E-state index < -0.39 is 0 Å². The molecule has 1 aromatic carbocycles. The van der Waals surface area contributed by atoms with Crippen molar-refractivity contribution in [3.8, 4) is 5.75 Å². The van der Waals surface area contributed by atoms with Crippen LogP contribution in [0.2, 0.25) is 0 Å². The number of rotatable bonds is 6. The SMILES string of the molecule is COc1ccc(C)cc1NC(=O)Cn1cc(NC(=O)C(C)C)nn1. The van der Waals surface area contributed by atoms with Gasteiger partial charge in [-0.2, -0.15) is 0 Å². The van der Waals surface area contributed by atoms with Crippen LogP contribution in [0.15, 0.2) is 24.4 Å². The third kappa shape index (κ3) is 4.55. The molecule has 2 aromatic rings. The van der Waals surface area contributed by atoms with Gasteiger partial charge >= 0.3 is 0 Å². The highest BCUT2D eigenvalue weighted by Crippen LogP contribution is 2.25. The van der Waals surface area contributed by atoms with Crippen molar-refractivity contribution in [3.05, 3.63) is 30.0 Å². The second kappa shape index (κ2) is 7.58. The van der Waals surface area contributed by atoms with Crippen LogP contribution in [0.25, 0.3) is 0 Å². The maximum Gasteiger partial charge on any atom is 0.246 e. The van der Waals surface area contributed by atoms with Gasteiger partial charge < -0.3 is 15.4 Å². The molecular weight excluding hydrogens is 310 g/mol. The maximum absolute atomic E-state index is 12.2. The number of methoxy groups -OCH3 is 1. The molecule has 1 aromatic heterocycles. The van der Waals surface area contributed by atoms with Crippen LogP contribution in [0, 0.1) is 12.8 Å². The Morgan fingerprint density at radius 3 is 2.71 bits per heavy atom. The van der Waals surface area contributed by atoms with E-state index in [0.717, 1.165) is 5.56 Å². The molecular formula is C16H21N5O3. The molecule has 128 valence electrons. The van der Waals surface area contributed by atoms with Crippen molar-refractivity contribution in [2.45, 2.75) is 27.3 Å². The van der Waals surface area contributed by atoms with E-state index >= 15 is 0 Å². The van der Waals surface area contributed by atoms with Crippen molar-refractivity contribution >= 4 is 23.3 Å². The van der Waals surface area contributed by atoms with Gasteiger partial charge in [-0.05, 0) is 24.6 Å². The fourth-order valence-corrected chi connectivity index (χ4v) is 1.96. The van der Waals surface area contributed by atoms with Crippen molar-refractivity contribution in [3.63, 3.8) is 0 Å². The zero-order chi connectivity index (χ0) is 17.7. The summed E-state index contributed by atoms with van der Waals surface area (Å²) in [7, 11) is 1.54. The van der Waals surface area contributed by atoms with E-state index in [9.17, 15) is 9.59 Å². The minimum absolute atomic E-state index is 0.0261. The molecule has 0 aliphatic heterocycles. The molecule has 0 spiro atoms. The fourth-order valence-electron chi connectivity index (χ4n) is 1.96. The van der Waals surface area contributed by atoms with Crippen LogP contribution in [0.3, 0.4) is 0 Å². The molecule has 8 heteroatoms. The molecule has 2 amide bonds. The second-order valence-electron chi connectivity index (χ2n) is 5.70. The maximum atomic E-state index is 12.2. The van der Waals surface area contributed by atoms with Crippen LogP contribution in [0.1, 0.15) is 19.4 Å². The van der Waals surface area contributed by atoms with Crippen LogP contribution in [0.5, 0.6) is 5.75 Å². The monoisotopic (exact) mass is 331 g/mol. The first-order valence-corrected chi connectivity index (χ1v) is 7.54. The molecule has 0 aliphatic rings. The van der Waals surface area contributed by atoms with E-state index in [1.807, 2.05) is 19.1 Å². The average molecular weight is 331 g/mol. The Hall–Kier alpha value is -2.90. The molecule has 0 fully saturated rings. The summed E-state index contributed by atoms with van der Waals surface area (Å²) in [5.41, 5.74) is 1.60. The highest BCUT2D eigenvalue weighted by molar-refractivity contribution is 5.92. The lowest BCUT2D eigenvalue weighted by atomic mass is 10.2. The van der Waals surface area contributed by atoms with Gasteiger partial charge in [0.15, 0.2) is 5.82 Å². The number of anilines is 2. The molecule has 0 saturated carbocycles. The normalized spacial score (nSPS) is 10.5. The molecule has 2 N–H and O–H groups in total. The van der Waals surface area contributed by atoms with Gasteiger partial charge in [-0.3, -0.25) is 9.59 Å².